The number of benzene rings is 1. The Morgan fingerprint density at radius 3 is 2.75 bits per heavy atom. The van der Waals surface area contributed by atoms with Gasteiger partial charge in [0.05, 0.1) is 5.69 Å². The minimum absolute atomic E-state index is 0.0856. The van der Waals surface area contributed by atoms with E-state index >= 15 is 0 Å². The number of anilines is 1. The number of para-hydroxylation sites is 1. The number of hydrogen-bond acceptors (Lipinski definition) is 4. The van der Waals surface area contributed by atoms with E-state index in [1.165, 1.54) is 0 Å². The zero-order chi connectivity index (χ0) is 14.5. The number of aliphatic hydroxyl groups excluding tert-OH is 1. The molecule has 0 aliphatic carbocycles. The van der Waals surface area contributed by atoms with Gasteiger partial charge in [-0.15, -0.1) is 0 Å². The summed E-state index contributed by atoms with van der Waals surface area (Å²) in [4.78, 5) is 0. The Bertz CT molecular complexity index is 578. The van der Waals surface area contributed by atoms with E-state index in [9.17, 15) is 0 Å². The van der Waals surface area contributed by atoms with Crippen molar-refractivity contribution in [2.45, 2.75) is 26.2 Å². The van der Waals surface area contributed by atoms with Crippen molar-refractivity contribution >= 4 is 5.69 Å². The second kappa shape index (κ2) is 6.43. The zero-order valence-electron chi connectivity index (χ0n) is 12.0. The first kappa shape index (κ1) is 14.4. The molecule has 0 bridgehead atoms. The first-order valence-electron chi connectivity index (χ1n) is 6.85. The summed E-state index contributed by atoms with van der Waals surface area (Å²) in [5.74, 6) is 1.26. The van der Waals surface area contributed by atoms with Gasteiger partial charge >= 0.3 is 0 Å². The van der Waals surface area contributed by atoms with E-state index in [1.54, 1.807) is 4.68 Å². The number of nitrogens with two attached hydrogens (primary N) is 1. The smallest absolute Gasteiger partial charge is 0.241 e. The van der Waals surface area contributed by atoms with E-state index < -0.39 is 0 Å². The van der Waals surface area contributed by atoms with Crippen LogP contribution in [0.5, 0.6) is 11.6 Å². The van der Waals surface area contributed by atoms with E-state index in [1.807, 2.05) is 31.3 Å². The fourth-order valence-electron chi connectivity index (χ4n) is 2.16. The Morgan fingerprint density at radius 2 is 2.05 bits per heavy atom. The Hall–Kier alpha value is -2.01. The molecular weight excluding hydrogens is 254 g/mol. The molecule has 1 aromatic heterocycles. The predicted octanol–water partition coefficient (Wildman–Crippen LogP) is 2.28. The zero-order valence-corrected chi connectivity index (χ0v) is 12.0. The lowest BCUT2D eigenvalue weighted by Gasteiger charge is -2.10. The number of aromatic nitrogens is 2. The van der Waals surface area contributed by atoms with E-state index in [-0.39, 0.29) is 6.61 Å². The maximum absolute atomic E-state index is 9.10. The lowest BCUT2D eigenvalue weighted by atomic mass is 10.1. The number of nitrogens with zero attached hydrogens (tertiary/aromatic N) is 2. The van der Waals surface area contributed by atoms with E-state index in [0.29, 0.717) is 23.7 Å². The molecule has 108 valence electrons. The number of ether oxygens (including phenoxy) is 1. The third-order valence-electron chi connectivity index (χ3n) is 3.15. The SMILES string of the molecule is CCCc1nn(C)c(Oc2ccccc2CCO)c1N. The topological polar surface area (TPSA) is 73.3 Å². The van der Waals surface area contributed by atoms with Crippen molar-refractivity contribution in [3.8, 4) is 11.6 Å². The first-order valence-corrected chi connectivity index (χ1v) is 6.85. The molecule has 2 aromatic rings. The van der Waals surface area contributed by atoms with Crippen molar-refractivity contribution in [2.75, 3.05) is 12.3 Å². The molecule has 0 saturated carbocycles. The van der Waals surface area contributed by atoms with Gasteiger partial charge in [0, 0.05) is 13.7 Å². The Kier molecular flexibility index (Phi) is 4.63. The Balaban J connectivity index is 2.30. The van der Waals surface area contributed by atoms with Gasteiger partial charge in [0.1, 0.15) is 11.4 Å². The summed E-state index contributed by atoms with van der Waals surface area (Å²) in [6, 6.07) is 7.63. The molecule has 0 aliphatic rings. The van der Waals surface area contributed by atoms with E-state index in [0.717, 1.165) is 24.1 Å². The molecule has 3 N–H and O–H groups in total. The normalized spacial score (nSPS) is 10.8. The van der Waals surface area contributed by atoms with Crippen molar-refractivity contribution in [1.82, 2.24) is 9.78 Å². The van der Waals surface area contributed by atoms with Crippen LogP contribution in [0, 0.1) is 0 Å². The van der Waals surface area contributed by atoms with Gasteiger partial charge in [0.2, 0.25) is 5.88 Å². The summed E-state index contributed by atoms with van der Waals surface area (Å²) in [6.07, 6.45) is 2.37. The number of rotatable bonds is 6. The molecule has 5 heteroatoms. The molecule has 0 amide bonds. The summed E-state index contributed by atoms with van der Waals surface area (Å²) in [7, 11) is 1.82. The van der Waals surface area contributed by atoms with Crippen LogP contribution in [0.1, 0.15) is 24.6 Å². The Morgan fingerprint density at radius 1 is 1.30 bits per heavy atom. The molecule has 2 rings (SSSR count). The van der Waals surface area contributed by atoms with Crippen LogP contribution in [0.25, 0.3) is 0 Å². The fourth-order valence-corrected chi connectivity index (χ4v) is 2.16. The maximum Gasteiger partial charge on any atom is 0.241 e. The molecule has 5 nitrogen and oxygen atoms in total. The first-order chi connectivity index (χ1) is 9.67. The van der Waals surface area contributed by atoms with Crippen LogP contribution in [0.3, 0.4) is 0 Å². The van der Waals surface area contributed by atoms with Crippen LogP contribution in [0.4, 0.5) is 5.69 Å². The third-order valence-corrected chi connectivity index (χ3v) is 3.15. The molecule has 0 saturated heterocycles. The van der Waals surface area contributed by atoms with Crippen LogP contribution in [-0.4, -0.2) is 21.5 Å². The van der Waals surface area contributed by atoms with Crippen LogP contribution >= 0.6 is 0 Å². The maximum atomic E-state index is 9.10. The second-order valence-corrected chi connectivity index (χ2v) is 4.72. The highest BCUT2D eigenvalue weighted by Crippen LogP contribution is 2.32. The van der Waals surface area contributed by atoms with Crippen LogP contribution in [-0.2, 0) is 19.9 Å². The molecule has 0 aliphatic heterocycles. The molecule has 0 atom stereocenters. The molecule has 0 spiro atoms. The van der Waals surface area contributed by atoms with E-state index in [2.05, 4.69) is 12.0 Å². The average Bonchev–Trinajstić information content (AvgIpc) is 2.69. The number of nitrogen functional groups attached to an aromatic ring is 1. The lowest BCUT2D eigenvalue weighted by Crippen LogP contribution is -2.00. The summed E-state index contributed by atoms with van der Waals surface area (Å²) in [5, 5.41) is 13.5. The van der Waals surface area contributed by atoms with Crippen LogP contribution in [0.2, 0.25) is 0 Å². The van der Waals surface area contributed by atoms with Crippen molar-refractivity contribution in [3.63, 3.8) is 0 Å². The van der Waals surface area contributed by atoms with E-state index in [4.69, 9.17) is 15.6 Å². The van der Waals surface area contributed by atoms with Gasteiger partial charge in [-0.05, 0) is 24.5 Å². The third kappa shape index (κ3) is 2.93. The van der Waals surface area contributed by atoms with Crippen molar-refractivity contribution in [2.24, 2.45) is 7.05 Å². The van der Waals surface area contributed by atoms with Crippen molar-refractivity contribution in [1.29, 1.82) is 0 Å². The molecule has 0 fully saturated rings. The summed E-state index contributed by atoms with van der Waals surface area (Å²) >= 11 is 0. The minimum atomic E-state index is 0.0856. The second-order valence-electron chi connectivity index (χ2n) is 4.72. The summed E-state index contributed by atoms with van der Waals surface area (Å²) in [6.45, 7) is 2.17. The molecule has 0 radical (unpaired) electrons. The van der Waals surface area contributed by atoms with Gasteiger partial charge in [-0.3, -0.25) is 0 Å². The van der Waals surface area contributed by atoms with Gasteiger partial charge in [0.15, 0.2) is 0 Å². The highest BCUT2D eigenvalue weighted by molar-refractivity contribution is 5.55. The standard InChI is InChI=1S/C15H21N3O2/c1-3-6-12-14(16)15(18(2)17-12)20-13-8-5-4-7-11(13)9-10-19/h4-5,7-8,19H,3,6,9-10,16H2,1-2H3. The lowest BCUT2D eigenvalue weighted by molar-refractivity contribution is 0.297. The fraction of sp³-hybridized carbons (Fsp3) is 0.400. The molecule has 0 unspecified atom stereocenters. The summed E-state index contributed by atoms with van der Waals surface area (Å²) in [5.41, 5.74) is 8.51. The van der Waals surface area contributed by atoms with Crippen LogP contribution in [0.15, 0.2) is 24.3 Å². The molecular formula is C15H21N3O2. The number of aliphatic hydroxyl groups is 1. The number of hydrogen-bond donors (Lipinski definition) is 2. The molecule has 1 aromatic carbocycles. The molecule has 1 heterocycles. The monoisotopic (exact) mass is 275 g/mol. The highest BCUT2D eigenvalue weighted by Gasteiger charge is 2.15. The summed E-state index contributed by atoms with van der Waals surface area (Å²) < 4.78 is 7.58. The van der Waals surface area contributed by atoms with Gasteiger partial charge in [-0.1, -0.05) is 31.5 Å². The quantitative estimate of drug-likeness (QED) is 0.848. The largest absolute Gasteiger partial charge is 0.437 e. The molecule has 20 heavy (non-hydrogen) atoms. The van der Waals surface area contributed by atoms with Gasteiger partial charge in [0.25, 0.3) is 0 Å². The average molecular weight is 275 g/mol. The van der Waals surface area contributed by atoms with Gasteiger partial charge < -0.3 is 15.6 Å². The van der Waals surface area contributed by atoms with Crippen molar-refractivity contribution < 1.29 is 9.84 Å². The van der Waals surface area contributed by atoms with Crippen LogP contribution < -0.4 is 10.5 Å². The number of aryl methyl sites for hydroxylation is 2. The van der Waals surface area contributed by atoms with Gasteiger partial charge in [-0.25, -0.2) is 4.68 Å². The minimum Gasteiger partial charge on any atom is -0.437 e. The van der Waals surface area contributed by atoms with Crippen molar-refractivity contribution in [3.05, 3.63) is 35.5 Å². The highest BCUT2D eigenvalue weighted by atomic mass is 16.5. The Labute approximate surface area is 119 Å². The van der Waals surface area contributed by atoms with Gasteiger partial charge in [-0.2, -0.15) is 5.10 Å². The predicted molar refractivity (Wildman–Crippen MR) is 78.9 cm³/mol.